The predicted octanol–water partition coefficient (Wildman–Crippen LogP) is 3.39. The smallest absolute Gasteiger partial charge is 0.406 e. The zero-order valence-electron chi connectivity index (χ0n) is 12.0. The summed E-state index contributed by atoms with van der Waals surface area (Å²) in [6.45, 7) is -1.00. The minimum absolute atomic E-state index is 0.0644. The molecular weight excluding hydrogens is 406 g/mol. The SMILES string of the molecule is O=C(CO)Oc1cc(C(F)(F)F)nc(SCc2c(Cl)cncc2Cl)n1. The maximum Gasteiger partial charge on any atom is 0.433 e. The summed E-state index contributed by atoms with van der Waals surface area (Å²) in [6, 6.07) is 0.462. The third-order valence-corrected chi connectivity index (χ3v) is 4.14. The second-order valence-corrected chi connectivity index (χ2v) is 6.13. The molecule has 0 atom stereocenters. The molecule has 2 aromatic rings. The molecule has 0 radical (unpaired) electrons. The van der Waals surface area contributed by atoms with Crippen molar-refractivity contribution in [2.45, 2.75) is 17.1 Å². The third kappa shape index (κ3) is 5.43. The topological polar surface area (TPSA) is 85.2 Å². The summed E-state index contributed by atoms with van der Waals surface area (Å²) in [6.07, 6.45) is -2.10. The normalized spacial score (nSPS) is 11.4. The largest absolute Gasteiger partial charge is 0.433 e. The van der Waals surface area contributed by atoms with Gasteiger partial charge in [-0.2, -0.15) is 18.2 Å². The maximum absolute atomic E-state index is 12.9. The lowest BCUT2D eigenvalue weighted by Gasteiger charge is -2.10. The van der Waals surface area contributed by atoms with Gasteiger partial charge < -0.3 is 9.84 Å². The van der Waals surface area contributed by atoms with Gasteiger partial charge in [0.05, 0.1) is 10.0 Å². The molecule has 25 heavy (non-hydrogen) atoms. The van der Waals surface area contributed by atoms with Crippen LogP contribution < -0.4 is 4.74 Å². The molecular formula is C13H8Cl2F3N3O3S. The van der Waals surface area contributed by atoms with Crippen molar-refractivity contribution in [3.8, 4) is 5.88 Å². The highest BCUT2D eigenvalue weighted by atomic mass is 35.5. The van der Waals surface area contributed by atoms with Crippen LogP contribution in [0.15, 0.2) is 23.6 Å². The number of thioether (sulfide) groups is 1. The van der Waals surface area contributed by atoms with Gasteiger partial charge in [0.1, 0.15) is 6.61 Å². The van der Waals surface area contributed by atoms with Gasteiger partial charge in [0, 0.05) is 29.8 Å². The monoisotopic (exact) mass is 413 g/mol. The summed E-state index contributed by atoms with van der Waals surface area (Å²) >= 11 is 12.7. The predicted molar refractivity (Wildman–Crippen MR) is 83.6 cm³/mol. The molecule has 2 heterocycles. The Morgan fingerprint density at radius 1 is 1.24 bits per heavy atom. The van der Waals surface area contributed by atoms with Crippen molar-refractivity contribution in [2.75, 3.05) is 6.61 Å². The first-order chi connectivity index (χ1) is 11.7. The number of carbonyl (C=O) groups excluding carboxylic acids is 1. The first kappa shape index (κ1) is 19.7. The van der Waals surface area contributed by atoms with E-state index in [9.17, 15) is 18.0 Å². The molecule has 0 amide bonds. The Labute approximate surface area is 153 Å². The van der Waals surface area contributed by atoms with Gasteiger partial charge in [0.2, 0.25) is 5.88 Å². The zero-order valence-corrected chi connectivity index (χ0v) is 14.4. The van der Waals surface area contributed by atoms with Crippen LogP contribution in [0, 0.1) is 0 Å². The van der Waals surface area contributed by atoms with Crippen LogP contribution in [0.4, 0.5) is 13.2 Å². The van der Waals surface area contributed by atoms with E-state index in [1.54, 1.807) is 0 Å². The van der Waals surface area contributed by atoms with Crippen LogP contribution in [0.2, 0.25) is 10.0 Å². The van der Waals surface area contributed by atoms with Crippen LogP contribution in [0.3, 0.4) is 0 Å². The van der Waals surface area contributed by atoms with Crippen molar-refractivity contribution in [1.82, 2.24) is 15.0 Å². The molecule has 0 aliphatic carbocycles. The number of hydrogen-bond acceptors (Lipinski definition) is 7. The Kier molecular flexibility index (Phi) is 6.44. The van der Waals surface area contributed by atoms with Crippen LogP contribution >= 0.6 is 35.0 Å². The molecule has 0 saturated carbocycles. The first-order valence-electron chi connectivity index (χ1n) is 6.39. The molecule has 0 fully saturated rings. The number of halogens is 5. The van der Waals surface area contributed by atoms with E-state index < -0.39 is 30.3 Å². The molecule has 0 aliphatic rings. The Morgan fingerprint density at radius 3 is 2.44 bits per heavy atom. The van der Waals surface area contributed by atoms with Gasteiger partial charge in [-0.3, -0.25) is 4.98 Å². The number of hydrogen-bond donors (Lipinski definition) is 1. The van der Waals surface area contributed by atoms with Gasteiger partial charge in [0.15, 0.2) is 10.9 Å². The van der Waals surface area contributed by atoms with E-state index in [1.165, 1.54) is 12.4 Å². The van der Waals surface area contributed by atoms with Gasteiger partial charge in [-0.1, -0.05) is 35.0 Å². The maximum atomic E-state index is 12.9. The van der Waals surface area contributed by atoms with Crippen LogP contribution in [0.5, 0.6) is 5.88 Å². The number of aromatic nitrogens is 3. The number of pyridine rings is 1. The standard InChI is InChI=1S/C13H8Cl2F3N3O3S/c14-7-2-19-3-8(15)6(7)5-25-12-20-9(13(16,17)18)1-10(21-12)24-11(23)4-22/h1-3,22H,4-5H2. The number of rotatable bonds is 5. The van der Waals surface area contributed by atoms with E-state index in [0.717, 1.165) is 11.8 Å². The van der Waals surface area contributed by atoms with Gasteiger partial charge in [-0.25, -0.2) is 9.78 Å². The summed E-state index contributed by atoms with van der Waals surface area (Å²) in [7, 11) is 0. The molecule has 2 aromatic heterocycles. The van der Waals surface area contributed by atoms with Gasteiger partial charge in [-0.05, 0) is 0 Å². The molecule has 0 saturated heterocycles. The lowest BCUT2D eigenvalue weighted by atomic mass is 10.3. The van der Waals surface area contributed by atoms with E-state index in [1.807, 2.05) is 0 Å². The molecule has 134 valence electrons. The summed E-state index contributed by atoms with van der Waals surface area (Å²) in [5.74, 6) is -1.71. The molecule has 0 bridgehead atoms. The van der Waals surface area contributed by atoms with Crippen molar-refractivity contribution in [2.24, 2.45) is 0 Å². The molecule has 0 aliphatic heterocycles. The second-order valence-electron chi connectivity index (χ2n) is 4.37. The second kappa shape index (κ2) is 8.17. The lowest BCUT2D eigenvalue weighted by molar-refractivity contribution is -0.143. The fraction of sp³-hybridized carbons (Fsp3) is 0.231. The van der Waals surface area contributed by atoms with Crippen molar-refractivity contribution in [3.05, 3.63) is 39.8 Å². The Bertz CT molecular complexity index is 773. The molecule has 2 rings (SSSR count). The highest BCUT2D eigenvalue weighted by Gasteiger charge is 2.34. The van der Waals surface area contributed by atoms with Crippen molar-refractivity contribution < 1.29 is 27.8 Å². The van der Waals surface area contributed by atoms with E-state index in [0.29, 0.717) is 11.6 Å². The quantitative estimate of drug-likeness (QED) is 0.456. The lowest BCUT2D eigenvalue weighted by Crippen LogP contribution is -2.16. The van der Waals surface area contributed by atoms with Crippen LogP contribution in [-0.2, 0) is 16.7 Å². The van der Waals surface area contributed by atoms with Gasteiger partial charge in [-0.15, -0.1) is 0 Å². The number of ether oxygens (including phenoxy) is 1. The number of carbonyl (C=O) groups is 1. The zero-order chi connectivity index (χ0) is 18.6. The Balaban J connectivity index is 2.29. The highest BCUT2D eigenvalue weighted by Crippen LogP contribution is 2.33. The number of alkyl halides is 3. The Hall–Kier alpha value is -1.62. The average molecular weight is 414 g/mol. The first-order valence-corrected chi connectivity index (χ1v) is 8.13. The third-order valence-electron chi connectivity index (χ3n) is 2.62. The minimum atomic E-state index is -4.77. The highest BCUT2D eigenvalue weighted by molar-refractivity contribution is 7.98. The summed E-state index contributed by atoms with van der Waals surface area (Å²) in [4.78, 5) is 21.9. The summed E-state index contributed by atoms with van der Waals surface area (Å²) < 4.78 is 43.3. The molecule has 6 nitrogen and oxygen atoms in total. The van der Waals surface area contributed by atoms with E-state index >= 15 is 0 Å². The summed E-state index contributed by atoms with van der Waals surface area (Å²) in [5.41, 5.74) is -0.851. The number of esters is 1. The van der Waals surface area contributed by atoms with E-state index in [4.69, 9.17) is 28.3 Å². The summed E-state index contributed by atoms with van der Waals surface area (Å²) in [5, 5.41) is 8.79. The molecule has 0 spiro atoms. The van der Waals surface area contributed by atoms with Gasteiger partial charge in [0.25, 0.3) is 0 Å². The van der Waals surface area contributed by atoms with Crippen LogP contribution in [-0.4, -0.2) is 32.6 Å². The molecule has 0 unspecified atom stereocenters. The van der Waals surface area contributed by atoms with Crippen LogP contribution in [0.1, 0.15) is 11.3 Å². The van der Waals surface area contributed by atoms with Crippen LogP contribution in [0.25, 0.3) is 0 Å². The number of aliphatic hydroxyl groups is 1. The molecule has 1 N–H and O–H groups in total. The number of nitrogens with zero attached hydrogens (tertiary/aromatic N) is 3. The molecule has 12 heteroatoms. The number of aliphatic hydroxyl groups excluding tert-OH is 1. The Morgan fingerprint density at radius 2 is 1.88 bits per heavy atom. The molecule has 0 aromatic carbocycles. The van der Waals surface area contributed by atoms with E-state index in [2.05, 4.69) is 19.7 Å². The fourth-order valence-corrected chi connectivity index (χ4v) is 3.09. The van der Waals surface area contributed by atoms with Crippen molar-refractivity contribution >= 4 is 40.9 Å². The fourth-order valence-electron chi connectivity index (χ4n) is 1.53. The average Bonchev–Trinajstić information content (AvgIpc) is 2.53. The van der Waals surface area contributed by atoms with Crippen molar-refractivity contribution in [3.63, 3.8) is 0 Å². The minimum Gasteiger partial charge on any atom is -0.406 e. The van der Waals surface area contributed by atoms with Gasteiger partial charge >= 0.3 is 12.1 Å². The van der Waals surface area contributed by atoms with Crippen molar-refractivity contribution in [1.29, 1.82) is 0 Å². The van der Waals surface area contributed by atoms with E-state index in [-0.39, 0.29) is 21.0 Å².